The number of ether oxygens (including phenoxy) is 2. The topological polar surface area (TPSA) is 82.5 Å². The van der Waals surface area contributed by atoms with Gasteiger partial charge >= 0.3 is 0 Å². The lowest BCUT2D eigenvalue weighted by Gasteiger charge is -2.11. The van der Waals surface area contributed by atoms with Crippen LogP contribution in [0.4, 0.5) is 5.69 Å². The first-order valence-electron chi connectivity index (χ1n) is 9.56. The quantitative estimate of drug-likeness (QED) is 0.632. The number of aryl methyl sites for hydroxylation is 2. The van der Waals surface area contributed by atoms with E-state index in [4.69, 9.17) is 9.47 Å². The van der Waals surface area contributed by atoms with Crippen LogP contribution < -0.4 is 20.3 Å². The number of hydrogen-bond acceptors (Lipinski definition) is 5. The molecule has 0 radical (unpaired) electrons. The van der Waals surface area contributed by atoms with Crippen LogP contribution in [0.3, 0.4) is 0 Å². The number of hydrogen-bond donors (Lipinski definition) is 1. The number of methoxy groups -OCH3 is 2. The summed E-state index contributed by atoms with van der Waals surface area (Å²) >= 11 is 0. The lowest BCUT2D eigenvalue weighted by atomic mass is 10.1. The number of aromatic nitrogens is 2. The van der Waals surface area contributed by atoms with Crippen LogP contribution in [-0.2, 0) is 17.8 Å². The van der Waals surface area contributed by atoms with Crippen molar-refractivity contribution in [2.45, 2.75) is 32.7 Å². The summed E-state index contributed by atoms with van der Waals surface area (Å²) in [6.07, 6.45) is 3.19. The largest absolute Gasteiger partial charge is 0.493 e. The molecule has 0 fully saturated rings. The van der Waals surface area contributed by atoms with Crippen molar-refractivity contribution >= 4 is 22.5 Å². The summed E-state index contributed by atoms with van der Waals surface area (Å²) in [5.74, 6) is 0.929. The van der Waals surface area contributed by atoms with Gasteiger partial charge in [-0.2, -0.15) is 0 Å². The van der Waals surface area contributed by atoms with E-state index in [-0.39, 0.29) is 11.5 Å². The Labute approximate surface area is 169 Å². The zero-order valence-electron chi connectivity index (χ0n) is 16.9. The summed E-state index contributed by atoms with van der Waals surface area (Å²) in [6.45, 7) is 2.45. The Hall–Kier alpha value is -3.35. The molecular weight excluding hydrogens is 370 g/mol. The molecular formula is C22H25N3O4. The molecule has 0 saturated carbocycles. The van der Waals surface area contributed by atoms with Crippen LogP contribution in [0.15, 0.2) is 47.5 Å². The molecule has 1 aromatic heterocycles. The molecule has 1 heterocycles. The first-order valence-corrected chi connectivity index (χ1v) is 9.56. The first-order chi connectivity index (χ1) is 14.1. The lowest BCUT2D eigenvalue weighted by Crippen LogP contribution is -2.22. The summed E-state index contributed by atoms with van der Waals surface area (Å²) in [7, 11) is 3.06. The van der Waals surface area contributed by atoms with Gasteiger partial charge in [0.15, 0.2) is 11.5 Å². The van der Waals surface area contributed by atoms with Gasteiger partial charge in [-0.25, -0.2) is 4.98 Å². The average molecular weight is 395 g/mol. The van der Waals surface area contributed by atoms with Gasteiger partial charge in [0.05, 0.1) is 31.4 Å². The van der Waals surface area contributed by atoms with E-state index in [0.717, 1.165) is 17.7 Å². The number of para-hydroxylation sites is 1. The predicted molar refractivity (Wildman–Crippen MR) is 113 cm³/mol. The second kappa shape index (κ2) is 9.23. The van der Waals surface area contributed by atoms with Crippen molar-refractivity contribution in [1.82, 2.24) is 9.55 Å². The van der Waals surface area contributed by atoms with Crippen molar-refractivity contribution in [2.75, 3.05) is 19.5 Å². The van der Waals surface area contributed by atoms with E-state index in [0.29, 0.717) is 41.8 Å². The summed E-state index contributed by atoms with van der Waals surface area (Å²) in [5, 5.41) is 3.40. The number of carbonyl (C=O) groups is 1. The maximum atomic E-state index is 12.8. The van der Waals surface area contributed by atoms with Crippen LogP contribution in [0.1, 0.15) is 25.3 Å². The summed E-state index contributed by atoms with van der Waals surface area (Å²) in [4.78, 5) is 29.4. The molecule has 0 aliphatic rings. The highest BCUT2D eigenvalue weighted by molar-refractivity contribution is 5.91. The second-order valence-corrected chi connectivity index (χ2v) is 6.63. The standard InChI is InChI=1S/C22H25N3O4/c1-4-15-8-5-6-9-17(15)24-21(26)10-7-11-25-14-23-18-13-20(29-3)19(28-2)12-16(18)22(25)27/h5-6,8-9,12-14H,4,7,10-11H2,1-3H3,(H,24,26). The SMILES string of the molecule is CCc1ccccc1NC(=O)CCCn1cnc2cc(OC)c(OC)cc2c1=O. The van der Waals surface area contributed by atoms with Crippen LogP contribution in [0, 0.1) is 0 Å². The number of rotatable bonds is 8. The molecule has 0 spiro atoms. The second-order valence-electron chi connectivity index (χ2n) is 6.63. The Morgan fingerprint density at radius 3 is 2.59 bits per heavy atom. The van der Waals surface area contributed by atoms with E-state index in [1.807, 2.05) is 24.3 Å². The molecule has 1 amide bonds. The normalized spacial score (nSPS) is 10.7. The van der Waals surface area contributed by atoms with Crippen molar-refractivity contribution in [1.29, 1.82) is 0 Å². The smallest absolute Gasteiger partial charge is 0.261 e. The third-order valence-corrected chi connectivity index (χ3v) is 4.80. The van der Waals surface area contributed by atoms with Crippen LogP contribution in [0.5, 0.6) is 11.5 Å². The summed E-state index contributed by atoms with van der Waals surface area (Å²) in [5.41, 5.74) is 2.30. The monoisotopic (exact) mass is 395 g/mol. The molecule has 7 heteroatoms. The fraction of sp³-hybridized carbons (Fsp3) is 0.318. The third-order valence-electron chi connectivity index (χ3n) is 4.80. The number of amides is 1. The molecule has 0 bridgehead atoms. The number of carbonyl (C=O) groups excluding carboxylic acids is 1. The van der Waals surface area contributed by atoms with Gasteiger partial charge in [-0.1, -0.05) is 25.1 Å². The summed E-state index contributed by atoms with van der Waals surface area (Å²) in [6, 6.07) is 11.1. The molecule has 3 rings (SSSR count). The zero-order valence-corrected chi connectivity index (χ0v) is 16.9. The summed E-state index contributed by atoms with van der Waals surface area (Å²) < 4.78 is 12.0. The van der Waals surface area contributed by atoms with Gasteiger partial charge in [0.2, 0.25) is 5.91 Å². The maximum absolute atomic E-state index is 12.8. The molecule has 29 heavy (non-hydrogen) atoms. The van der Waals surface area contributed by atoms with Crippen molar-refractivity contribution in [3.05, 3.63) is 58.6 Å². The van der Waals surface area contributed by atoms with E-state index in [1.54, 1.807) is 12.1 Å². The predicted octanol–water partition coefficient (Wildman–Crippen LogP) is 3.40. The number of anilines is 1. The van der Waals surface area contributed by atoms with Gasteiger partial charge in [-0.15, -0.1) is 0 Å². The van der Waals surface area contributed by atoms with Crippen molar-refractivity contribution < 1.29 is 14.3 Å². The molecule has 3 aromatic rings. The molecule has 7 nitrogen and oxygen atoms in total. The molecule has 152 valence electrons. The van der Waals surface area contributed by atoms with Gasteiger partial charge in [0.25, 0.3) is 5.56 Å². The number of nitrogens with one attached hydrogen (secondary N) is 1. The first kappa shape index (κ1) is 20.4. The number of fused-ring (bicyclic) bond motifs is 1. The Morgan fingerprint density at radius 2 is 1.86 bits per heavy atom. The van der Waals surface area contributed by atoms with Crippen LogP contribution in [-0.4, -0.2) is 29.7 Å². The Kier molecular flexibility index (Phi) is 6.49. The fourth-order valence-corrected chi connectivity index (χ4v) is 3.22. The van der Waals surface area contributed by atoms with E-state index in [2.05, 4.69) is 17.2 Å². The van der Waals surface area contributed by atoms with Crippen LogP contribution >= 0.6 is 0 Å². The molecule has 1 N–H and O–H groups in total. The van der Waals surface area contributed by atoms with E-state index >= 15 is 0 Å². The molecule has 0 unspecified atom stereocenters. The Morgan fingerprint density at radius 1 is 1.14 bits per heavy atom. The minimum Gasteiger partial charge on any atom is -0.493 e. The number of benzene rings is 2. The fourth-order valence-electron chi connectivity index (χ4n) is 3.22. The van der Waals surface area contributed by atoms with Gasteiger partial charge in [0, 0.05) is 24.7 Å². The highest BCUT2D eigenvalue weighted by Gasteiger charge is 2.12. The van der Waals surface area contributed by atoms with Gasteiger partial charge in [-0.05, 0) is 30.5 Å². The Bertz CT molecular complexity index is 1080. The van der Waals surface area contributed by atoms with E-state index < -0.39 is 0 Å². The van der Waals surface area contributed by atoms with E-state index in [9.17, 15) is 9.59 Å². The molecule has 0 atom stereocenters. The molecule has 0 saturated heterocycles. The maximum Gasteiger partial charge on any atom is 0.261 e. The molecule has 2 aromatic carbocycles. The number of nitrogens with zero attached hydrogens (tertiary/aromatic N) is 2. The van der Waals surface area contributed by atoms with Crippen molar-refractivity contribution in [3.63, 3.8) is 0 Å². The van der Waals surface area contributed by atoms with E-state index in [1.165, 1.54) is 25.1 Å². The lowest BCUT2D eigenvalue weighted by molar-refractivity contribution is -0.116. The van der Waals surface area contributed by atoms with Gasteiger partial charge in [0.1, 0.15) is 0 Å². The van der Waals surface area contributed by atoms with Crippen LogP contribution in [0.2, 0.25) is 0 Å². The average Bonchev–Trinajstić information content (AvgIpc) is 2.75. The van der Waals surface area contributed by atoms with Gasteiger partial charge in [-0.3, -0.25) is 14.2 Å². The minimum atomic E-state index is -0.173. The minimum absolute atomic E-state index is 0.0703. The zero-order chi connectivity index (χ0) is 20.8. The Balaban J connectivity index is 1.68. The van der Waals surface area contributed by atoms with Crippen LogP contribution in [0.25, 0.3) is 10.9 Å². The highest BCUT2D eigenvalue weighted by Crippen LogP contribution is 2.29. The van der Waals surface area contributed by atoms with Crippen molar-refractivity contribution in [2.24, 2.45) is 0 Å². The third kappa shape index (κ3) is 4.56. The molecule has 0 aliphatic heterocycles. The van der Waals surface area contributed by atoms with Crippen molar-refractivity contribution in [3.8, 4) is 11.5 Å². The molecule has 0 aliphatic carbocycles. The highest BCUT2D eigenvalue weighted by atomic mass is 16.5. The van der Waals surface area contributed by atoms with Gasteiger partial charge < -0.3 is 14.8 Å².